The lowest BCUT2D eigenvalue weighted by Gasteiger charge is -2.47. The van der Waals surface area contributed by atoms with Crippen LogP contribution in [-0.2, 0) is 24.8 Å². The van der Waals surface area contributed by atoms with Gasteiger partial charge in [0, 0.05) is 42.7 Å². The summed E-state index contributed by atoms with van der Waals surface area (Å²) in [6.45, 7) is 4.08. The molecule has 2 amide bonds. The molecule has 2 aliphatic heterocycles. The molecule has 0 unspecified atom stereocenters. The van der Waals surface area contributed by atoms with Crippen molar-refractivity contribution in [2.45, 2.75) is 18.8 Å². The molecule has 2 N–H and O–H groups in total. The van der Waals surface area contributed by atoms with Gasteiger partial charge in [-0.15, -0.1) is 0 Å². The highest BCUT2D eigenvalue weighted by Gasteiger charge is 2.46. The highest BCUT2D eigenvalue weighted by Crippen LogP contribution is 2.40. The normalized spacial score (nSPS) is 22.8. The van der Waals surface area contributed by atoms with E-state index in [4.69, 9.17) is 43.1 Å². The fourth-order valence-electron chi connectivity index (χ4n) is 4.72. The molecule has 4 rings (SSSR count). The van der Waals surface area contributed by atoms with Crippen LogP contribution in [0.25, 0.3) is 0 Å². The average Bonchev–Trinajstić information content (AvgIpc) is 3.31. The third-order valence-electron chi connectivity index (χ3n) is 6.83. The molecule has 2 aliphatic rings. The summed E-state index contributed by atoms with van der Waals surface area (Å²) in [6.07, 6.45) is 0.243. The first kappa shape index (κ1) is 28.6. The van der Waals surface area contributed by atoms with Crippen molar-refractivity contribution in [1.82, 2.24) is 14.4 Å². The molecular weight excluding hydrogens is 535 g/mol. The zero-order valence-corrected chi connectivity index (χ0v) is 22.7. The molecule has 38 heavy (non-hydrogen) atoms. The van der Waals surface area contributed by atoms with Crippen LogP contribution >= 0.6 is 23.2 Å². The monoisotopic (exact) mass is 566 g/mol. The average molecular weight is 567 g/mol. The summed E-state index contributed by atoms with van der Waals surface area (Å²) in [5, 5.41) is 14.1. The van der Waals surface area contributed by atoms with Crippen molar-refractivity contribution in [2.75, 3.05) is 59.0 Å². The number of amides is 2. The van der Waals surface area contributed by atoms with E-state index in [-0.39, 0.29) is 32.2 Å². The molecular formula is C26H32Cl2N4O6. The van der Waals surface area contributed by atoms with Crippen LogP contribution in [0.3, 0.4) is 0 Å². The molecule has 0 bridgehead atoms. The molecule has 0 spiro atoms. The molecule has 2 aromatic carbocycles. The molecule has 0 saturated carbocycles. The number of hydrogen-bond donors (Lipinski definition) is 1. The second kappa shape index (κ2) is 12.2. The maximum absolute atomic E-state index is 13.3. The number of carbonyl (C=O) groups is 2. The van der Waals surface area contributed by atoms with Gasteiger partial charge >= 0.3 is 0 Å². The summed E-state index contributed by atoms with van der Waals surface area (Å²) in [5.74, 6) is -0.749. The number of ether oxygens (including phenoxy) is 3. The third-order valence-corrected chi connectivity index (χ3v) is 7.38. The SMILES string of the molecule is CC(=O)N1CC[N+]([O-])(c2ccc(OC[C@H]3CO[C@](CN(C=O)CCN)(c4ccc(Cl)cc4Cl)O3)cc2)CC1. The smallest absolute Gasteiger partial charge is 0.219 e. The number of carbonyl (C=O) groups excluding carboxylic acids is 2. The van der Waals surface area contributed by atoms with E-state index in [1.807, 2.05) is 0 Å². The van der Waals surface area contributed by atoms with Crippen molar-refractivity contribution in [1.29, 1.82) is 0 Å². The molecule has 2 saturated heterocycles. The number of nitrogens with two attached hydrogens (primary N) is 1. The first-order valence-electron chi connectivity index (χ1n) is 12.4. The van der Waals surface area contributed by atoms with Crippen LogP contribution in [0.1, 0.15) is 12.5 Å². The number of halogens is 2. The molecule has 0 aromatic heterocycles. The van der Waals surface area contributed by atoms with Gasteiger partial charge in [0.25, 0.3) is 0 Å². The fourth-order valence-corrected chi connectivity index (χ4v) is 5.27. The molecule has 2 heterocycles. The first-order valence-corrected chi connectivity index (χ1v) is 13.2. The van der Waals surface area contributed by atoms with Gasteiger partial charge in [-0.2, -0.15) is 0 Å². The summed E-state index contributed by atoms with van der Waals surface area (Å²) in [7, 11) is 0. The zero-order valence-electron chi connectivity index (χ0n) is 21.2. The maximum Gasteiger partial charge on any atom is 0.219 e. The second-order valence-corrected chi connectivity index (χ2v) is 10.3. The number of quaternary nitrogens is 1. The highest BCUT2D eigenvalue weighted by atomic mass is 35.5. The third kappa shape index (κ3) is 6.40. The van der Waals surface area contributed by atoms with Gasteiger partial charge < -0.3 is 39.6 Å². The van der Waals surface area contributed by atoms with Crippen molar-refractivity contribution in [3.05, 3.63) is 63.3 Å². The predicted molar refractivity (Wildman–Crippen MR) is 145 cm³/mol. The molecule has 2 fully saturated rings. The molecule has 2 aromatic rings. The Morgan fingerprint density at radius 3 is 2.58 bits per heavy atom. The standard InChI is InChI=1S/C26H32Cl2N4O6/c1-19(34)31-10-12-32(35,13-11-31)21-3-5-22(6-4-21)36-15-23-16-37-26(38-23,17-30(18-33)9-8-29)24-7-2-20(27)14-25(24)28/h2-7,14,18,23H,8-13,15-17,29H2,1H3/t23-,26-/m0/s1. The van der Waals surface area contributed by atoms with Crippen molar-refractivity contribution < 1.29 is 23.8 Å². The Morgan fingerprint density at radius 2 is 1.97 bits per heavy atom. The number of piperazine rings is 1. The van der Waals surface area contributed by atoms with Crippen molar-refractivity contribution >= 4 is 41.2 Å². The van der Waals surface area contributed by atoms with E-state index >= 15 is 0 Å². The maximum atomic E-state index is 13.3. The summed E-state index contributed by atoms with van der Waals surface area (Å²) in [5.41, 5.74) is 6.82. The Kier molecular flexibility index (Phi) is 9.15. The summed E-state index contributed by atoms with van der Waals surface area (Å²) < 4.78 is 17.9. The lowest BCUT2D eigenvalue weighted by molar-refractivity contribution is -0.191. The minimum Gasteiger partial charge on any atom is -0.627 e. The summed E-state index contributed by atoms with van der Waals surface area (Å²) in [6, 6.07) is 12.0. The first-order chi connectivity index (χ1) is 18.2. The lowest BCUT2D eigenvalue weighted by Crippen LogP contribution is -2.57. The number of rotatable bonds is 10. The Bertz CT molecular complexity index is 1130. The fraction of sp³-hybridized carbons (Fsp3) is 0.462. The van der Waals surface area contributed by atoms with E-state index in [0.29, 0.717) is 66.2 Å². The van der Waals surface area contributed by atoms with Gasteiger partial charge in [0.2, 0.25) is 18.1 Å². The van der Waals surface area contributed by atoms with Gasteiger partial charge in [0.1, 0.15) is 37.2 Å². The molecule has 10 nitrogen and oxygen atoms in total. The topological polar surface area (TPSA) is 117 Å². The summed E-state index contributed by atoms with van der Waals surface area (Å²) in [4.78, 5) is 26.4. The lowest BCUT2D eigenvalue weighted by atomic mass is 10.0. The number of nitrogens with zero attached hydrogens (tertiary/aromatic N) is 3. The Labute approximate surface area is 231 Å². The Hall–Kier alpha value is -2.44. The van der Waals surface area contributed by atoms with Crippen LogP contribution in [0.5, 0.6) is 5.75 Å². The van der Waals surface area contributed by atoms with Crippen molar-refractivity contribution in [3.63, 3.8) is 0 Å². The van der Waals surface area contributed by atoms with Crippen LogP contribution in [0, 0.1) is 5.21 Å². The van der Waals surface area contributed by atoms with E-state index < -0.39 is 16.5 Å². The molecule has 0 radical (unpaired) electrons. The van der Waals surface area contributed by atoms with E-state index in [9.17, 15) is 14.8 Å². The van der Waals surface area contributed by atoms with Gasteiger partial charge in [0.15, 0.2) is 0 Å². The van der Waals surface area contributed by atoms with E-state index in [1.54, 1.807) is 47.4 Å². The molecule has 12 heteroatoms. The van der Waals surface area contributed by atoms with Gasteiger partial charge in [0.05, 0.1) is 31.3 Å². The molecule has 2 atom stereocenters. The van der Waals surface area contributed by atoms with Gasteiger partial charge in [-0.3, -0.25) is 9.59 Å². The minimum absolute atomic E-state index is 0.0151. The van der Waals surface area contributed by atoms with Gasteiger partial charge in [-0.05, 0) is 24.3 Å². The van der Waals surface area contributed by atoms with Crippen molar-refractivity contribution in [2.24, 2.45) is 5.73 Å². The van der Waals surface area contributed by atoms with Crippen LogP contribution in [0.15, 0.2) is 42.5 Å². The predicted octanol–water partition coefficient (Wildman–Crippen LogP) is 2.72. The van der Waals surface area contributed by atoms with E-state index in [1.165, 1.54) is 11.8 Å². The Balaban J connectivity index is 1.41. The van der Waals surface area contributed by atoms with Crippen LogP contribution < -0.4 is 15.1 Å². The highest BCUT2D eigenvalue weighted by molar-refractivity contribution is 6.35. The number of benzene rings is 2. The van der Waals surface area contributed by atoms with Crippen LogP contribution in [0.2, 0.25) is 10.0 Å². The zero-order chi connectivity index (χ0) is 27.3. The van der Waals surface area contributed by atoms with E-state index in [2.05, 4.69) is 0 Å². The van der Waals surface area contributed by atoms with E-state index in [0.717, 1.165) is 0 Å². The van der Waals surface area contributed by atoms with Gasteiger partial charge in [-0.1, -0.05) is 29.3 Å². The van der Waals surface area contributed by atoms with Crippen LogP contribution in [-0.4, -0.2) is 87.2 Å². The number of hydroxylamine groups is 2. The van der Waals surface area contributed by atoms with Crippen molar-refractivity contribution in [3.8, 4) is 5.75 Å². The van der Waals surface area contributed by atoms with Crippen LogP contribution in [0.4, 0.5) is 5.69 Å². The van der Waals surface area contributed by atoms with Gasteiger partial charge in [-0.25, -0.2) is 0 Å². The Morgan fingerprint density at radius 1 is 1.26 bits per heavy atom. The largest absolute Gasteiger partial charge is 0.627 e. The number of hydrogen-bond acceptors (Lipinski definition) is 7. The molecule has 0 aliphatic carbocycles. The molecule has 206 valence electrons. The summed E-state index contributed by atoms with van der Waals surface area (Å²) >= 11 is 12.6. The minimum atomic E-state index is -1.31. The quantitative estimate of drug-likeness (QED) is 0.267. The second-order valence-electron chi connectivity index (χ2n) is 9.44.